The molecule has 1 aromatic carbocycles. The maximum atomic E-state index is 13.3. The summed E-state index contributed by atoms with van der Waals surface area (Å²) in [5.74, 6) is -1.25. The molecular formula is C14H19F4NO. The van der Waals surface area contributed by atoms with Gasteiger partial charge in [0.25, 0.3) is 0 Å². The topological polar surface area (TPSA) is 21.3 Å². The Bertz CT molecular complexity index is 412. The molecule has 0 fully saturated rings. The van der Waals surface area contributed by atoms with E-state index in [9.17, 15) is 17.6 Å². The Morgan fingerprint density at radius 3 is 2.55 bits per heavy atom. The lowest BCUT2D eigenvalue weighted by atomic mass is 10.0. The number of methoxy groups -OCH3 is 1. The van der Waals surface area contributed by atoms with Crippen molar-refractivity contribution >= 4 is 0 Å². The molecule has 0 spiro atoms. The third kappa shape index (κ3) is 4.76. The summed E-state index contributed by atoms with van der Waals surface area (Å²) in [6.45, 7) is 3.05. The van der Waals surface area contributed by atoms with E-state index in [4.69, 9.17) is 4.74 Å². The van der Waals surface area contributed by atoms with Gasteiger partial charge in [-0.05, 0) is 37.1 Å². The highest BCUT2D eigenvalue weighted by molar-refractivity contribution is 5.29. The van der Waals surface area contributed by atoms with E-state index in [2.05, 4.69) is 5.32 Å². The summed E-state index contributed by atoms with van der Waals surface area (Å²) < 4.78 is 56.4. The Morgan fingerprint density at radius 2 is 2.00 bits per heavy atom. The summed E-state index contributed by atoms with van der Waals surface area (Å²) in [7, 11) is 1.53. The van der Waals surface area contributed by atoms with Gasteiger partial charge in [0.1, 0.15) is 5.82 Å². The number of hydrogen-bond donors (Lipinski definition) is 1. The van der Waals surface area contributed by atoms with Crippen molar-refractivity contribution in [3.63, 3.8) is 0 Å². The van der Waals surface area contributed by atoms with Crippen LogP contribution in [0.15, 0.2) is 18.2 Å². The van der Waals surface area contributed by atoms with Crippen LogP contribution in [0, 0.1) is 5.82 Å². The SMILES string of the molecule is CCCNC(CCOC)c1ccc(F)c(C(F)(F)F)c1. The summed E-state index contributed by atoms with van der Waals surface area (Å²) in [5, 5.41) is 3.15. The second kappa shape index (κ2) is 7.59. The standard InChI is InChI=1S/C14H19F4NO/c1-3-7-19-13(6-8-20-2)10-4-5-12(15)11(9-10)14(16,17)18/h4-5,9,13,19H,3,6-8H2,1-2H3. The molecule has 0 aliphatic carbocycles. The van der Waals surface area contributed by atoms with Crippen molar-refractivity contribution in [3.8, 4) is 0 Å². The Kier molecular flexibility index (Phi) is 6.42. The van der Waals surface area contributed by atoms with Gasteiger partial charge in [-0.1, -0.05) is 13.0 Å². The smallest absolute Gasteiger partial charge is 0.385 e. The number of benzene rings is 1. The highest BCUT2D eigenvalue weighted by Gasteiger charge is 2.34. The first-order chi connectivity index (χ1) is 9.40. The van der Waals surface area contributed by atoms with Crippen molar-refractivity contribution in [2.45, 2.75) is 32.0 Å². The van der Waals surface area contributed by atoms with Crippen molar-refractivity contribution in [2.75, 3.05) is 20.3 Å². The monoisotopic (exact) mass is 293 g/mol. The van der Waals surface area contributed by atoms with Gasteiger partial charge < -0.3 is 10.1 Å². The lowest BCUT2D eigenvalue weighted by Crippen LogP contribution is -2.24. The zero-order chi connectivity index (χ0) is 15.2. The summed E-state index contributed by atoms with van der Waals surface area (Å²) in [6, 6.07) is 2.84. The first kappa shape index (κ1) is 16.9. The molecule has 0 amide bonds. The molecule has 0 saturated heterocycles. The van der Waals surface area contributed by atoms with Gasteiger partial charge in [0.2, 0.25) is 0 Å². The van der Waals surface area contributed by atoms with Gasteiger partial charge in [-0.15, -0.1) is 0 Å². The summed E-state index contributed by atoms with van der Waals surface area (Å²) >= 11 is 0. The number of alkyl halides is 3. The van der Waals surface area contributed by atoms with E-state index in [0.717, 1.165) is 18.6 Å². The van der Waals surface area contributed by atoms with Crippen LogP contribution in [0.1, 0.15) is 36.9 Å². The molecule has 1 atom stereocenters. The molecule has 20 heavy (non-hydrogen) atoms. The van der Waals surface area contributed by atoms with Gasteiger partial charge >= 0.3 is 6.18 Å². The van der Waals surface area contributed by atoms with Crippen LogP contribution in [-0.2, 0) is 10.9 Å². The van der Waals surface area contributed by atoms with Crippen LogP contribution in [0.3, 0.4) is 0 Å². The Morgan fingerprint density at radius 1 is 1.30 bits per heavy atom. The van der Waals surface area contributed by atoms with E-state index in [1.165, 1.54) is 13.2 Å². The third-order valence-corrected chi connectivity index (χ3v) is 2.95. The van der Waals surface area contributed by atoms with Gasteiger partial charge in [-0.3, -0.25) is 0 Å². The lowest BCUT2D eigenvalue weighted by molar-refractivity contribution is -0.140. The minimum atomic E-state index is -4.68. The minimum absolute atomic E-state index is 0.281. The normalized spacial score (nSPS) is 13.5. The van der Waals surface area contributed by atoms with E-state index < -0.39 is 17.6 Å². The molecule has 0 aromatic heterocycles. The fourth-order valence-electron chi connectivity index (χ4n) is 1.92. The molecule has 1 rings (SSSR count). The number of hydrogen-bond acceptors (Lipinski definition) is 2. The highest BCUT2D eigenvalue weighted by Crippen LogP contribution is 2.33. The van der Waals surface area contributed by atoms with Crippen LogP contribution >= 0.6 is 0 Å². The molecule has 114 valence electrons. The van der Waals surface area contributed by atoms with E-state index in [0.29, 0.717) is 25.1 Å². The lowest BCUT2D eigenvalue weighted by Gasteiger charge is -2.20. The maximum absolute atomic E-state index is 13.3. The molecule has 0 saturated carbocycles. The number of ether oxygens (including phenoxy) is 1. The molecule has 6 heteroatoms. The van der Waals surface area contributed by atoms with Crippen molar-refractivity contribution in [3.05, 3.63) is 35.1 Å². The molecule has 0 radical (unpaired) electrons. The third-order valence-electron chi connectivity index (χ3n) is 2.95. The van der Waals surface area contributed by atoms with Crippen molar-refractivity contribution in [2.24, 2.45) is 0 Å². The number of halogens is 4. The molecule has 1 unspecified atom stereocenters. The Hall–Kier alpha value is -1.14. The first-order valence-corrected chi connectivity index (χ1v) is 6.49. The van der Waals surface area contributed by atoms with Crippen molar-refractivity contribution < 1.29 is 22.3 Å². The molecule has 0 heterocycles. The zero-order valence-electron chi connectivity index (χ0n) is 11.6. The predicted molar refractivity (Wildman–Crippen MR) is 68.9 cm³/mol. The predicted octanol–water partition coefficient (Wildman–Crippen LogP) is 3.92. The van der Waals surface area contributed by atoms with Crippen LogP contribution in [-0.4, -0.2) is 20.3 Å². The second-order valence-electron chi connectivity index (χ2n) is 4.53. The second-order valence-corrected chi connectivity index (χ2v) is 4.53. The summed E-state index contributed by atoms with van der Waals surface area (Å²) in [6.07, 6.45) is -3.30. The van der Waals surface area contributed by atoms with Crippen LogP contribution in [0.4, 0.5) is 17.6 Å². The minimum Gasteiger partial charge on any atom is -0.385 e. The van der Waals surface area contributed by atoms with Gasteiger partial charge in [-0.25, -0.2) is 4.39 Å². The van der Waals surface area contributed by atoms with Crippen LogP contribution in [0.2, 0.25) is 0 Å². The average Bonchev–Trinajstić information content (AvgIpc) is 2.38. The largest absolute Gasteiger partial charge is 0.419 e. The Labute approximate surface area is 116 Å². The van der Waals surface area contributed by atoms with Crippen molar-refractivity contribution in [1.29, 1.82) is 0 Å². The van der Waals surface area contributed by atoms with Gasteiger partial charge in [0.05, 0.1) is 5.56 Å². The van der Waals surface area contributed by atoms with Gasteiger partial charge in [0.15, 0.2) is 0 Å². The van der Waals surface area contributed by atoms with Crippen molar-refractivity contribution in [1.82, 2.24) is 5.32 Å². The van der Waals surface area contributed by atoms with Crippen LogP contribution < -0.4 is 5.32 Å². The zero-order valence-corrected chi connectivity index (χ0v) is 11.6. The van der Waals surface area contributed by atoms with Crippen LogP contribution in [0.5, 0.6) is 0 Å². The molecule has 1 N–H and O–H groups in total. The first-order valence-electron chi connectivity index (χ1n) is 6.49. The molecule has 2 nitrogen and oxygen atoms in total. The van der Waals surface area contributed by atoms with E-state index in [1.54, 1.807) is 0 Å². The maximum Gasteiger partial charge on any atom is 0.419 e. The van der Waals surface area contributed by atoms with E-state index in [1.807, 2.05) is 6.92 Å². The van der Waals surface area contributed by atoms with Crippen LogP contribution in [0.25, 0.3) is 0 Å². The molecule has 1 aromatic rings. The number of rotatable bonds is 7. The summed E-state index contributed by atoms with van der Waals surface area (Å²) in [4.78, 5) is 0. The van der Waals surface area contributed by atoms with E-state index in [-0.39, 0.29) is 6.04 Å². The van der Waals surface area contributed by atoms with Gasteiger partial charge in [-0.2, -0.15) is 13.2 Å². The van der Waals surface area contributed by atoms with E-state index >= 15 is 0 Å². The van der Waals surface area contributed by atoms with Gasteiger partial charge in [0, 0.05) is 19.8 Å². The highest BCUT2D eigenvalue weighted by atomic mass is 19.4. The molecule has 0 bridgehead atoms. The fraction of sp³-hybridized carbons (Fsp3) is 0.571. The average molecular weight is 293 g/mol. The Balaban J connectivity index is 3.00. The quantitative estimate of drug-likeness (QED) is 0.769. The number of nitrogens with one attached hydrogen (secondary N) is 1. The molecule has 0 aliphatic heterocycles. The summed E-state index contributed by atoms with van der Waals surface area (Å²) in [5.41, 5.74) is -0.806. The molecular weight excluding hydrogens is 274 g/mol. The molecule has 0 aliphatic rings. The fourth-order valence-corrected chi connectivity index (χ4v) is 1.92.